The number of nitrogens with one attached hydrogen (secondary N) is 2. The smallest absolute Gasteiger partial charge is 0.251 e. The lowest BCUT2D eigenvalue weighted by molar-refractivity contribution is 0.0951. The zero-order valence-electron chi connectivity index (χ0n) is 13.3. The lowest BCUT2D eigenvalue weighted by Crippen LogP contribution is -2.28. The second kappa shape index (κ2) is 6.79. The first-order chi connectivity index (χ1) is 10.3. The van der Waals surface area contributed by atoms with E-state index in [1.54, 1.807) is 12.1 Å². The van der Waals surface area contributed by atoms with E-state index in [1.807, 2.05) is 6.92 Å². The molecule has 2 N–H and O–H groups in total. The Bertz CT molecular complexity index is 649. The standard InChI is InChI=1S/C16H24N2O3S/c1-11(2)8-9-17-16(19)15-10-14(7-4-12(15)3)22(20,21)18-13-5-6-13/h4,7,10-11,13,18H,5-6,8-9H2,1-3H3,(H,17,19). The largest absolute Gasteiger partial charge is 0.352 e. The van der Waals surface area contributed by atoms with Crippen molar-refractivity contribution >= 4 is 15.9 Å². The minimum Gasteiger partial charge on any atom is -0.352 e. The molecule has 1 aromatic rings. The van der Waals surface area contributed by atoms with Crippen LogP contribution in [-0.4, -0.2) is 26.9 Å². The lowest BCUT2D eigenvalue weighted by atomic mass is 10.1. The van der Waals surface area contributed by atoms with Gasteiger partial charge in [-0.1, -0.05) is 19.9 Å². The quantitative estimate of drug-likeness (QED) is 0.807. The molecule has 5 nitrogen and oxygen atoms in total. The van der Waals surface area contributed by atoms with E-state index in [0.717, 1.165) is 24.8 Å². The van der Waals surface area contributed by atoms with Crippen LogP contribution in [0.1, 0.15) is 49.0 Å². The van der Waals surface area contributed by atoms with Crippen LogP contribution in [0.4, 0.5) is 0 Å². The summed E-state index contributed by atoms with van der Waals surface area (Å²) in [6.07, 6.45) is 2.66. The van der Waals surface area contributed by atoms with Crippen LogP contribution >= 0.6 is 0 Å². The Hall–Kier alpha value is -1.40. The van der Waals surface area contributed by atoms with Crippen LogP contribution < -0.4 is 10.0 Å². The highest BCUT2D eigenvalue weighted by atomic mass is 32.2. The van der Waals surface area contributed by atoms with Crippen molar-refractivity contribution in [3.05, 3.63) is 29.3 Å². The van der Waals surface area contributed by atoms with Gasteiger partial charge >= 0.3 is 0 Å². The van der Waals surface area contributed by atoms with Crippen molar-refractivity contribution in [2.75, 3.05) is 6.54 Å². The second-order valence-corrected chi connectivity index (χ2v) is 8.02. The molecular weight excluding hydrogens is 300 g/mol. The molecule has 0 saturated heterocycles. The molecule has 2 rings (SSSR count). The van der Waals surface area contributed by atoms with Crippen LogP contribution in [0.25, 0.3) is 0 Å². The molecule has 1 aromatic carbocycles. The van der Waals surface area contributed by atoms with Gasteiger partial charge in [0.05, 0.1) is 4.90 Å². The topological polar surface area (TPSA) is 75.3 Å². The van der Waals surface area contributed by atoms with Crippen LogP contribution in [0.3, 0.4) is 0 Å². The van der Waals surface area contributed by atoms with Crippen LogP contribution in [0.2, 0.25) is 0 Å². The molecule has 0 unspecified atom stereocenters. The van der Waals surface area contributed by atoms with Gasteiger partial charge in [0.1, 0.15) is 0 Å². The Morgan fingerprint density at radius 2 is 2.00 bits per heavy atom. The SMILES string of the molecule is Cc1ccc(S(=O)(=O)NC2CC2)cc1C(=O)NCCC(C)C. The molecule has 0 bridgehead atoms. The van der Waals surface area contributed by atoms with Gasteiger partial charge < -0.3 is 5.32 Å². The molecule has 0 radical (unpaired) electrons. The van der Waals surface area contributed by atoms with E-state index < -0.39 is 10.0 Å². The maximum Gasteiger partial charge on any atom is 0.251 e. The van der Waals surface area contributed by atoms with E-state index in [-0.39, 0.29) is 16.8 Å². The summed E-state index contributed by atoms with van der Waals surface area (Å²) in [7, 11) is -3.53. The summed E-state index contributed by atoms with van der Waals surface area (Å²) in [5, 5.41) is 2.85. The Balaban J connectivity index is 2.13. The van der Waals surface area contributed by atoms with Gasteiger partial charge in [0, 0.05) is 18.2 Å². The molecule has 1 aliphatic rings. The highest BCUT2D eigenvalue weighted by Crippen LogP contribution is 2.23. The third-order valence-electron chi connectivity index (χ3n) is 3.67. The normalized spacial score (nSPS) is 15.1. The molecule has 1 fully saturated rings. The minimum absolute atomic E-state index is 0.0506. The number of carbonyl (C=O) groups excluding carboxylic acids is 1. The van der Waals surface area contributed by atoms with Crippen molar-refractivity contribution in [1.82, 2.24) is 10.0 Å². The van der Waals surface area contributed by atoms with Crippen LogP contribution in [-0.2, 0) is 10.0 Å². The van der Waals surface area contributed by atoms with Crippen molar-refractivity contribution in [3.63, 3.8) is 0 Å². The van der Waals surface area contributed by atoms with Crippen molar-refractivity contribution in [1.29, 1.82) is 0 Å². The molecule has 0 atom stereocenters. The first kappa shape index (κ1) is 17.0. The lowest BCUT2D eigenvalue weighted by Gasteiger charge is -2.11. The third kappa shape index (κ3) is 4.55. The molecule has 1 aliphatic carbocycles. The average Bonchev–Trinajstić information content (AvgIpc) is 3.21. The Kier molecular flexibility index (Phi) is 5.24. The summed E-state index contributed by atoms with van der Waals surface area (Å²) in [6, 6.07) is 4.74. The fraction of sp³-hybridized carbons (Fsp3) is 0.562. The number of sulfonamides is 1. The molecule has 1 amide bonds. The number of benzene rings is 1. The van der Waals surface area contributed by atoms with Gasteiger partial charge in [0.2, 0.25) is 10.0 Å². The molecule has 0 spiro atoms. The van der Waals surface area contributed by atoms with Crippen LogP contribution in [0.15, 0.2) is 23.1 Å². The summed E-state index contributed by atoms with van der Waals surface area (Å²) in [4.78, 5) is 12.4. The Morgan fingerprint density at radius 3 is 2.59 bits per heavy atom. The van der Waals surface area contributed by atoms with E-state index in [4.69, 9.17) is 0 Å². The van der Waals surface area contributed by atoms with Gasteiger partial charge in [-0.3, -0.25) is 4.79 Å². The van der Waals surface area contributed by atoms with Crippen molar-refractivity contribution in [3.8, 4) is 0 Å². The van der Waals surface area contributed by atoms with E-state index in [1.165, 1.54) is 6.07 Å². The number of carbonyl (C=O) groups is 1. The zero-order valence-corrected chi connectivity index (χ0v) is 14.2. The summed E-state index contributed by atoms with van der Waals surface area (Å²) >= 11 is 0. The summed E-state index contributed by atoms with van der Waals surface area (Å²) in [6.45, 7) is 6.58. The maximum atomic E-state index is 12.2. The van der Waals surface area contributed by atoms with E-state index >= 15 is 0 Å². The number of hydrogen-bond acceptors (Lipinski definition) is 3. The van der Waals surface area contributed by atoms with Crippen LogP contribution in [0, 0.1) is 12.8 Å². The molecular formula is C16H24N2O3S. The van der Waals surface area contributed by atoms with Gasteiger partial charge in [-0.2, -0.15) is 0 Å². The fourth-order valence-electron chi connectivity index (χ4n) is 2.07. The maximum absolute atomic E-state index is 12.2. The van der Waals surface area contributed by atoms with Gasteiger partial charge in [-0.15, -0.1) is 0 Å². The predicted molar refractivity (Wildman–Crippen MR) is 86.3 cm³/mol. The highest BCUT2D eigenvalue weighted by molar-refractivity contribution is 7.89. The van der Waals surface area contributed by atoms with Crippen molar-refractivity contribution in [2.45, 2.75) is 51.0 Å². The monoisotopic (exact) mass is 324 g/mol. The molecule has 0 aromatic heterocycles. The van der Waals surface area contributed by atoms with E-state index in [2.05, 4.69) is 23.9 Å². The average molecular weight is 324 g/mol. The van der Waals surface area contributed by atoms with Gasteiger partial charge in [-0.25, -0.2) is 13.1 Å². The molecule has 0 heterocycles. The fourth-order valence-corrected chi connectivity index (χ4v) is 3.40. The van der Waals surface area contributed by atoms with Gasteiger partial charge in [0.15, 0.2) is 0 Å². The van der Waals surface area contributed by atoms with Crippen molar-refractivity contribution < 1.29 is 13.2 Å². The Morgan fingerprint density at radius 1 is 1.32 bits per heavy atom. The molecule has 6 heteroatoms. The number of amides is 1. The Labute approximate surface area is 132 Å². The van der Waals surface area contributed by atoms with Crippen LogP contribution in [0.5, 0.6) is 0 Å². The summed E-state index contributed by atoms with van der Waals surface area (Å²) in [5.41, 5.74) is 1.19. The number of rotatable bonds is 7. The minimum atomic E-state index is -3.53. The summed E-state index contributed by atoms with van der Waals surface area (Å²) in [5.74, 6) is 0.289. The van der Waals surface area contributed by atoms with Crippen molar-refractivity contribution in [2.24, 2.45) is 5.92 Å². The molecule has 122 valence electrons. The summed E-state index contributed by atoms with van der Waals surface area (Å²) < 4.78 is 27.1. The second-order valence-electron chi connectivity index (χ2n) is 6.31. The van der Waals surface area contributed by atoms with E-state index in [9.17, 15) is 13.2 Å². The first-order valence-electron chi connectivity index (χ1n) is 7.71. The number of hydrogen-bond donors (Lipinski definition) is 2. The zero-order chi connectivity index (χ0) is 16.3. The first-order valence-corrected chi connectivity index (χ1v) is 9.19. The molecule has 0 aliphatic heterocycles. The predicted octanol–water partition coefficient (Wildman–Crippen LogP) is 2.21. The van der Waals surface area contributed by atoms with E-state index in [0.29, 0.717) is 18.0 Å². The van der Waals surface area contributed by atoms with Gasteiger partial charge in [0.25, 0.3) is 5.91 Å². The molecule has 1 saturated carbocycles. The number of aryl methyl sites for hydroxylation is 1. The third-order valence-corrected chi connectivity index (χ3v) is 5.19. The van der Waals surface area contributed by atoms with Gasteiger partial charge in [-0.05, 0) is 49.8 Å². The highest BCUT2D eigenvalue weighted by Gasteiger charge is 2.28. The molecule has 22 heavy (non-hydrogen) atoms.